The lowest BCUT2D eigenvalue weighted by Gasteiger charge is -2.42. The lowest BCUT2D eigenvalue weighted by atomic mass is 9.89. The molecule has 0 aromatic heterocycles. The Bertz CT molecular complexity index is 643. The van der Waals surface area contributed by atoms with E-state index in [9.17, 15) is 9.59 Å². The maximum atomic E-state index is 13.1. The Morgan fingerprint density at radius 1 is 1.19 bits per heavy atom. The van der Waals surface area contributed by atoms with E-state index in [-0.39, 0.29) is 18.1 Å². The molecule has 1 aromatic carbocycles. The number of ether oxygens (including phenoxy) is 1. The van der Waals surface area contributed by atoms with Crippen molar-refractivity contribution in [2.24, 2.45) is 11.7 Å². The van der Waals surface area contributed by atoms with Crippen molar-refractivity contribution >= 4 is 11.8 Å². The zero-order chi connectivity index (χ0) is 19.4. The van der Waals surface area contributed by atoms with Gasteiger partial charge in [-0.25, -0.2) is 0 Å². The Morgan fingerprint density at radius 3 is 2.48 bits per heavy atom. The maximum Gasteiger partial charge on any atom is 0.242 e. The third-order valence-corrected chi connectivity index (χ3v) is 5.99. The monoisotopic (exact) mass is 373 g/mol. The van der Waals surface area contributed by atoms with Crippen LogP contribution in [-0.4, -0.2) is 66.0 Å². The molecule has 6 heteroatoms. The first kappa shape index (κ1) is 19.8. The fourth-order valence-electron chi connectivity index (χ4n) is 4.34. The molecule has 0 aliphatic carbocycles. The van der Waals surface area contributed by atoms with Crippen LogP contribution in [0.3, 0.4) is 0 Å². The SMILES string of the molecule is CC(C(=O)N1CCO[C@H](C)[C@H]1C(N)=O)N1CCC(Cc2ccccc2)CC1. The van der Waals surface area contributed by atoms with Crippen molar-refractivity contribution in [1.29, 1.82) is 0 Å². The molecule has 27 heavy (non-hydrogen) atoms. The normalized spacial score (nSPS) is 25.9. The fourth-order valence-corrected chi connectivity index (χ4v) is 4.34. The molecule has 0 radical (unpaired) electrons. The number of morpholine rings is 1. The van der Waals surface area contributed by atoms with Gasteiger partial charge in [0.05, 0.1) is 18.8 Å². The smallest absolute Gasteiger partial charge is 0.242 e. The van der Waals surface area contributed by atoms with Gasteiger partial charge in [-0.2, -0.15) is 0 Å². The van der Waals surface area contributed by atoms with E-state index in [1.165, 1.54) is 5.56 Å². The number of rotatable bonds is 5. The molecule has 0 saturated carbocycles. The summed E-state index contributed by atoms with van der Waals surface area (Å²) in [5, 5.41) is 0. The van der Waals surface area contributed by atoms with E-state index in [1.807, 2.05) is 13.0 Å². The van der Waals surface area contributed by atoms with E-state index < -0.39 is 11.9 Å². The lowest BCUT2D eigenvalue weighted by Crippen LogP contribution is -2.62. The molecule has 6 nitrogen and oxygen atoms in total. The van der Waals surface area contributed by atoms with Crippen LogP contribution in [0.15, 0.2) is 30.3 Å². The van der Waals surface area contributed by atoms with Crippen LogP contribution >= 0.6 is 0 Å². The van der Waals surface area contributed by atoms with Gasteiger partial charge < -0.3 is 15.4 Å². The standard InChI is InChI=1S/C21H31N3O3/c1-15(21(26)24-12-13-27-16(2)19(24)20(22)25)23-10-8-18(9-11-23)14-17-6-4-3-5-7-17/h3-7,15-16,18-19H,8-14H2,1-2H3,(H2,22,25)/t15?,16-,19+/m1/s1. The molecule has 2 aliphatic rings. The Hall–Kier alpha value is -1.92. The molecule has 3 atom stereocenters. The molecule has 0 bridgehead atoms. The highest BCUT2D eigenvalue weighted by Crippen LogP contribution is 2.24. The third-order valence-electron chi connectivity index (χ3n) is 5.99. The average molecular weight is 373 g/mol. The Morgan fingerprint density at radius 2 is 1.85 bits per heavy atom. The van der Waals surface area contributed by atoms with Gasteiger partial charge in [-0.3, -0.25) is 14.5 Å². The molecule has 0 spiro atoms. The Balaban J connectivity index is 1.56. The third kappa shape index (κ3) is 4.68. The quantitative estimate of drug-likeness (QED) is 0.847. The second-order valence-electron chi connectivity index (χ2n) is 7.80. The van der Waals surface area contributed by atoms with Crippen LogP contribution in [0.2, 0.25) is 0 Å². The lowest BCUT2D eigenvalue weighted by molar-refractivity contribution is -0.157. The minimum Gasteiger partial charge on any atom is -0.374 e. The number of amides is 2. The van der Waals surface area contributed by atoms with Gasteiger partial charge >= 0.3 is 0 Å². The molecular weight excluding hydrogens is 342 g/mol. The molecular formula is C21H31N3O3. The molecule has 148 valence electrons. The number of benzene rings is 1. The topological polar surface area (TPSA) is 75.9 Å². The predicted molar refractivity (Wildman–Crippen MR) is 104 cm³/mol. The minimum atomic E-state index is -0.677. The highest BCUT2D eigenvalue weighted by Gasteiger charge is 2.39. The van der Waals surface area contributed by atoms with Crippen molar-refractivity contribution in [3.63, 3.8) is 0 Å². The Labute approximate surface area is 161 Å². The van der Waals surface area contributed by atoms with Crippen molar-refractivity contribution in [2.75, 3.05) is 26.2 Å². The van der Waals surface area contributed by atoms with Crippen molar-refractivity contribution in [1.82, 2.24) is 9.80 Å². The summed E-state index contributed by atoms with van der Waals surface area (Å²) in [6.07, 6.45) is 2.92. The van der Waals surface area contributed by atoms with E-state index in [1.54, 1.807) is 11.8 Å². The van der Waals surface area contributed by atoms with E-state index in [2.05, 4.69) is 29.2 Å². The first-order valence-electron chi connectivity index (χ1n) is 9.96. The van der Waals surface area contributed by atoms with E-state index >= 15 is 0 Å². The number of nitrogens with two attached hydrogens (primary N) is 1. The van der Waals surface area contributed by atoms with Gasteiger partial charge in [0.15, 0.2) is 0 Å². The van der Waals surface area contributed by atoms with Crippen molar-refractivity contribution < 1.29 is 14.3 Å². The zero-order valence-corrected chi connectivity index (χ0v) is 16.3. The number of carbonyl (C=O) groups is 2. The summed E-state index contributed by atoms with van der Waals surface area (Å²) in [6, 6.07) is 9.67. The number of hydrogen-bond donors (Lipinski definition) is 1. The van der Waals surface area contributed by atoms with Crippen molar-refractivity contribution in [3.05, 3.63) is 35.9 Å². The molecule has 2 amide bonds. The maximum absolute atomic E-state index is 13.1. The van der Waals surface area contributed by atoms with Gasteiger partial charge in [0, 0.05) is 6.54 Å². The molecule has 2 N–H and O–H groups in total. The van der Waals surface area contributed by atoms with Crippen molar-refractivity contribution in [3.8, 4) is 0 Å². The van der Waals surface area contributed by atoms with Crippen LogP contribution in [0, 0.1) is 5.92 Å². The number of carbonyl (C=O) groups excluding carboxylic acids is 2. The predicted octanol–water partition coefficient (Wildman–Crippen LogP) is 1.43. The summed E-state index contributed by atoms with van der Waals surface area (Å²) in [5.41, 5.74) is 6.91. The summed E-state index contributed by atoms with van der Waals surface area (Å²) in [7, 11) is 0. The summed E-state index contributed by atoms with van der Waals surface area (Å²) < 4.78 is 5.52. The summed E-state index contributed by atoms with van der Waals surface area (Å²) >= 11 is 0. The van der Waals surface area contributed by atoms with Gasteiger partial charge in [-0.15, -0.1) is 0 Å². The second-order valence-corrected chi connectivity index (χ2v) is 7.80. The van der Waals surface area contributed by atoms with Gasteiger partial charge in [0.1, 0.15) is 6.04 Å². The van der Waals surface area contributed by atoms with Gasteiger partial charge in [-0.05, 0) is 57.7 Å². The van der Waals surface area contributed by atoms with E-state index in [4.69, 9.17) is 10.5 Å². The van der Waals surface area contributed by atoms with Crippen LogP contribution < -0.4 is 5.73 Å². The molecule has 2 heterocycles. The number of nitrogens with zero attached hydrogens (tertiary/aromatic N) is 2. The number of primary amides is 1. The molecule has 1 unspecified atom stereocenters. The number of piperidine rings is 1. The molecule has 3 rings (SSSR count). The fraction of sp³-hybridized carbons (Fsp3) is 0.619. The molecule has 1 aromatic rings. The van der Waals surface area contributed by atoms with E-state index in [0.717, 1.165) is 32.4 Å². The van der Waals surface area contributed by atoms with Crippen molar-refractivity contribution in [2.45, 2.75) is 51.3 Å². The molecule has 2 aliphatic heterocycles. The van der Waals surface area contributed by atoms with Gasteiger partial charge in [0.2, 0.25) is 11.8 Å². The zero-order valence-electron chi connectivity index (χ0n) is 16.3. The minimum absolute atomic E-state index is 0.0181. The Kier molecular flexibility index (Phi) is 6.50. The molecule has 2 saturated heterocycles. The first-order valence-corrected chi connectivity index (χ1v) is 9.96. The van der Waals surface area contributed by atoms with Gasteiger partial charge in [0.25, 0.3) is 0 Å². The van der Waals surface area contributed by atoms with Crippen LogP contribution in [0.5, 0.6) is 0 Å². The van der Waals surface area contributed by atoms with Crippen LogP contribution in [0.1, 0.15) is 32.3 Å². The molecule has 2 fully saturated rings. The summed E-state index contributed by atoms with van der Waals surface area (Å²) in [6.45, 7) is 6.43. The first-order chi connectivity index (χ1) is 13.0. The highest BCUT2D eigenvalue weighted by atomic mass is 16.5. The average Bonchev–Trinajstić information content (AvgIpc) is 2.68. The van der Waals surface area contributed by atoms with Crippen LogP contribution in [0.4, 0.5) is 0 Å². The van der Waals surface area contributed by atoms with E-state index in [0.29, 0.717) is 19.1 Å². The summed E-state index contributed by atoms with van der Waals surface area (Å²) in [4.78, 5) is 28.7. The number of likely N-dealkylation sites (tertiary alicyclic amines) is 1. The summed E-state index contributed by atoms with van der Waals surface area (Å²) in [5.74, 6) is 0.146. The largest absolute Gasteiger partial charge is 0.374 e. The highest BCUT2D eigenvalue weighted by molar-refractivity contribution is 5.89. The van der Waals surface area contributed by atoms with Gasteiger partial charge in [-0.1, -0.05) is 30.3 Å². The second kappa shape index (κ2) is 8.85. The van der Waals surface area contributed by atoms with Crippen LogP contribution in [0.25, 0.3) is 0 Å². The number of hydrogen-bond acceptors (Lipinski definition) is 4. The van der Waals surface area contributed by atoms with Crippen LogP contribution in [-0.2, 0) is 20.7 Å².